The minimum absolute atomic E-state index is 0.127. The number of hydrogen-bond donors (Lipinski definition) is 1. The molecule has 17 heavy (non-hydrogen) atoms. The molecule has 3 unspecified atom stereocenters. The highest BCUT2D eigenvalue weighted by Crippen LogP contribution is 2.38. The fourth-order valence-electron chi connectivity index (χ4n) is 2.89. The smallest absolute Gasteiger partial charge is 0.345 e. The van der Waals surface area contributed by atoms with Crippen LogP contribution in [0.1, 0.15) is 6.92 Å². The molecule has 6 nitrogen and oxygen atoms in total. The Bertz CT molecular complexity index is 449. The van der Waals surface area contributed by atoms with Crippen molar-refractivity contribution in [3.05, 3.63) is 16.3 Å². The van der Waals surface area contributed by atoms with E-state index in [1.165, 1.54) is 17.5 Å². The van der Waals surface area contributed by atoms with Crippen LogP contribution in [0.15, 0.2) is 6.20 Å². The molecule has 0 amide bonds. The highest BCUT2D eigenvalue weighted by Gasteiger charge is 2.42. The molecule has 1 N–H and O–H groups in total. The summed E-state index contributed by atoms with van der Waals surface area (Å²) in [6.45, 7) is 5.25. The van der Waals surface area contributed by atoms with Gasteiger partial charge in [-0.3, -0.25) is 10.1 Å². The van der Waals surface area contributed by atoms with Crippen molar-refractivity contribution in [1.82, 2.24) is 10.3 Å². The third kappa shape index (κ3) is 1.69. The van der Waals surface area contributed by atoms with Crippen LogP contribution in [0.3, 0.4) is 0 Å². The summed E-state index contributed by atoms with van der Waals surface area (Å²) in [6, 6.07) is 0.417. The molecule has 0 saturated carbocycles. The normalized spacial score (nSPS) is 31.8. The number of aromatic nitrogens is 1. The fraction of sp³-hybridized carbons (Fsp3) is 0.700. The van der Waals surface area contributed by atoms with Gasteiger partial charge in [-0.2, -0.15) is 0 Å². The molecule has 2 saturated heterocycles. The summed E-state index contributed by atoms with van der Waals surface area (Å²) in [4.78, 5) is 16.7. The molecule has 1 aromatic rings. The SMILES string of the molecule is CC1C2CNCC2CN1c1ncc([N+](=O)[O-])s1. The summed E-state index contributed by atoms with van der Waals surface area (Å²) < 4.78 is 0. The summed E-state index contributed by atoms with van der Waals surface area (Å²) in [6.07, 6.45) is 1.36. The van der Waals surface area contributed by atoms with Gasteiger partial charge in [0.15, 0.2) is 5.13 Å². The average Bonchev–Trinajstić information content (AvgIpc) is 2.95. The molecule has 3 heterocycles. The van der Waals surface area contributed by atoms with Crippen molar-refractivity contribution in [2.75, 3.05) is 24.5 Å². The second kappa shape index (κ2) is 3.92. The number of nitro groups is 1. The van der Waals surface area contributed by atoms with Gasteiger partial charge in [0, 0.05) is 25.7 Å². The van der Waals surface area contributed by atoms with E-state index in [0.29, 0.717) is 17.9 Å². The first-order chi connectivity index (χ1) is 8.16. The lowest BCUT2D eigenvalue weighted by Gasteiger charge is -2.23. The maximum Gasteiger partial charge on any atom is 0.345 e. The van der Waals surface area contributed by atoms with E-state index in [1.807, 2.05) is 0 Å². The number of thiazole rings is 1. The van der Waals surface area contributed by atoms with E-state index in [1.54, 1.807) is 0 Å². The molecule has 0 spiro atoms. The fourth-order valence-corrected chi connectivity index (χ4v) is 3.72. The zero-order valence-electron chi connectivity index (χ0n) is 9.50. The molecule has 7 heteroatoms. The van der Waals surface area contributed by atoms with Crippen LogP contribution in [-0.4, -0.2) is 35.6 Å². The zero-order chi connectivity index (χ0) is 12.0. The molecule has 1 aromatic heterocycles. The third-order valence-corrected chi connectivity index (χ3v) is 4.83. The van der Waals surface area contributed by atoms with Crippen molar-refractivity contribution in [3.63, 3.8) is 0 Å². The lowest BCUT2D eigenvalue weighted by atomic mass is 9.95. The van der Waals surface area contributed by atoms with E-state index in [-0.39, 0.29) is 9.92 Å². The van der Waals surface area contributed by atoms with Gasteiger partial charge in [-0.15, -0.1) is 0 Å². The van der Waals surface area contributed by atoms with E-state index >= 15 is 0 Å². The Morgan fingerprint density at radius 3 is 3.12 bits per heavy atom. The Morgan fingerprint density at radius 1 is 1.65 bits per heavy atom. The minimum Gasteiger partial charge on any atom is -0.345 e. The van der Waals surface area contributed by atoms with Gasteiger partial charge in [0.05, 0.1) is 4.92 Å². The maximum absolute atomic E-state index is 10.7. The summed E-state index contributed by atoms with van der Waals surface area (Å²) in [5, 5.41) is 15.0. The number of fused-ring (bicyclic) bond motifs is 1. The lowest BCUT2D eigenvalue weighted by molar-refractivity contribution is -0.380. The van der Waals surface area contributed by atoms with Crippen LogP contribution in [0.4, 0.5) is 10.1 Å². The van der Waals surface area contributed by atoms with Crippen LogP contribution in [0.25, 0.3) is 0 Å². The van der Waals surface area contributed by atoms with Crippen molar-refractivity contribution in [2.45, 2.75) is 13.0 Å². The van der Waals surface area contributed by atoms with E-state index < -0.39 is 0 Å². The molecule has 3 atom stereocenters. The van der Waals surface area contributed by atoms with Gasteiger partial charge in [0.1, 0.15) is 6.20 Å². The lowest BCUT2D eigenvalue weighted by Crippen LogP contribution is -2.32. The topological polar surface area (TPSA) is 71.3 Å². The molecule has 0 aliphatic carbocycles. The van der Waals surface area contributed by atoms with Crippen LogP contribution in [0.5, 0.6) is 0 Å². The van der Waals surface area contributed by atoms with Gasteiger partial charge in [0.25, 0.3) is 0 Å². The summed E-state index contributed by atoms with van der Waals surface area (Å²) >= 11 is 1.18. The Balaban J connectivity index is 1.82. The molecular formula is C10H14N4O2S. The third-order valence-electron chi connectivity index (χ3n) is 3.84. The van der Waals surface area contributed by atoms with Crippen LogP contribution in [0, 0.1) is 22.0 Å². The summed E-state index contributed by atoms with van der Waals surface area (Å²) in [7, 11) is 0. The Morgan fingerprint density at radius 2 is 2.47 bits per heavy atom. The first kappa shape index (κ1) is 10.9. The molecule has 0 radical (unpaired) electrons. The predicted octanol–water partition coefficient (Wildman–Crippen LogP) is 1.10. The highest BCUT2D eigenvalue weighted by atomic mass is 32.1. The van der Waals surface area contributed by atoms with Crippen LogP contribution >= 0.6 is 11.3 Å². The number of nitrogens with one attached hydrogen (secondary N) is 1. The average molecular weight is 254 g/mol. The maximum atomic E-state index is 10.7. The molecule has 3 rings (SSSR count). The van der Waals surface area contributed by atoms with Crippen molar-refractivity contribution in [2.24, 2.45) is 11.8 Å². The van der Waals surface area contributed by atoms with Crippen LogP contribution < -0.4 is 10.2 Å². The first-order valence-corrected chi connectivity index (χ1v) is 6.56. The Labute approximate surface area is 103 Å². The van der Waals surface area contributed by atoms with E-state index in [9.17, 15) is 10.1 Å². The van der Waals surface area contributed by atoms with Crippen molar-refractivity contribution in [3.8, 4) is 0 Å². The molecule has 2 aliphatic heterocycles. The van der Waals surface area contributed by atoms with E-state index in [4.69, 9.17) is 0 Å². The molecule has 92 valence electrons. The van der Waals surface area contributed by atoms with E-state index in [2.05, 4.69) is 22.1 Å². The summed E-state index contributed by atoms with van der Waals surface area (Å²) in [5.41, 5.74) is 0. The molecule has 2 aliphatic rings. The van der Waals surface area contributed by atoms with Gasteiger partial charge in [0.2, 0.25) is 0 Å². The largest absolute Gasteiger partial charge is 0.345 e. The highest BCUT2D eigenvalue weighted by molar-refractivity contribution is 7.18. The van der Waals surface area contributed by atoms with E-state index in [0.717, 1.165) is 24.8 Å². The monoisotopic (exact) mass is 254 g/mol. The number of anilines is 1. The first-order valence-electron chi connectivity index (χ1n) is 5.74. The summed E-state index contributed by atoms with van der Waals surface area (Å²) in [5.74, 6) is 1.31. The van der Waals surface area contributed by atoms with Crippen LogP contribution in [0.2, 0.25) is 0 Å². The zero-order valence-corrected chi connectivity index (χ0v) is 10.3. The number of nitrogens with zero attached hydrogens (tertiary/aromatic N) is 3. The second-order valence-electron chi connectivity index (χ2n) is 4.71. The Kier molecular flexibility index (Phi) is 2.52. The van der Waals surface area contributed by atoms with Crippen molar-refractivity contribution < 1.29 is 4.92 Å². The minimum atomic E-state index is -0.371. The van der Waals surface area contributed by atoms with Gasteiger partial charge in [-0.25, -0.2) is 4.98 Å². The van der Waals surface area contributed by atoms with Crippen molar-refractivity contribution >= 4 is 21.5 Å². The van der Waals surface area contributed by atoms with Crippen molar-refractivity contribution in [1.29, 1.82) is 0 Å². The number of hydrogen-bond acceptors (Lipinski definition) is 6. The second-order valence-corrected chi connectivity index (χ2v) is 5.70. The van der Waals surface area contributed by atoms with Gasteiger partial charge >= 0.3 is 5.00 Å². The molecule has 2 fully saturated rings. The van der Waals surface area contributed by atoms with Gasteiger partial charge < -0.3 is 10.2 Å². The number of rotatable bonds is 2. The molecule has 0 bridgehead atoms. The standard InChI is InChI=1S/C10H14N4O2S/c1-6-8-3-11-2-7(8)5-13(6)10-12-4-9(17-10)14(15)16/h4,6-8,11H,2-3,5H2,1H3. The van der Waals surface area contributed by atoms with Crippen LogP contribution in [-0.2, 0) is 0 Å². The molecular weight excluding hydrogens is 240 g/mol. The Hall–Kier alpha value is -1.21. The molecule has 0 aromatic carbocycles. The van der Waals surface area contributed by atoms with Gasteiger partial charge in [-0.1, -0.05) is 0 Å². The predicted molar refractivity (Wildman–Crippen MR) is 65.4 cm³/mol. The van der Waals surface area contributed by atoms with Gasteiger partial charge in [-0.05, 0) is 30.1 Å². The quantitative estimate of drug-likeness (QED) is 0.632.